The molecule has 0 amide bonds. The van der Waals surface area contributed by atoms with Crippen LogP contribution in [0, 0.1) is 6.92 Å². The van der Waals surface area contributed by atoms with Crippen molar-refractivity contribution in [2.75, 3.05) is 5.43 Å². The molecule has 0 aliphatic heterocycles. The average Bonchev–Trinajstić information content (AvgIpc) is 2.89. The highest BCUT2D eigenvalue weighted by Crippen LogP contribution is 2.25. The molecule has 4 nitrogen and oxygen atoms in total. The number of nitrogens with zero attached hydrogens (tertiary/aromatic N) is 2. The number of aryl methyl sites for hydroxylation is 1. The first-order chi connectivity index (χ1) is 9.28. The van der Waals surface area contributed by atoms with E-state index in [4.69, 9.17) is 5.84 Å². The predicted octanol–water partition coefficient (Wildman–Crippen LogP) is 2.88. The molecule has 0 saturated carbocycles. The minimum Gasteiger partial charge on any atom is -0.308 e. The van der Waals surface area contributed by atoms with Crippen LogP contribution in [0.4, 0.5) is 5.82 Å². The number of anilines is 1. The molecule has 96 valence electrons. The van der Waals surface area contributed by atoms with E-state index in [0.29, 0.717) is 5.82 Å². The Labute approximate surface area is 115 Å². The van der Waals surface area contributed by atoms with Crippen LogP contribution in [-0.4, -0.2) is 9.97 Å². The summed E-state index contributed by atoms with van der Waals surface area (Å²) < 4.78 is 0. The highest BCUT2D eigenvalue weighted by Gasteiger charge is 2.09. The molecule has 0 aliphatic rings. The smallest absolute Gasteiger partial charge is 0.152 e. The Morgan fingerprint density at radius 1 is 1.21 bits per heavy atom. The van der Waals surface area contributed by atoms with Gasteiger partial charge in [-0.05, 0) is 29.5 Å². The quantitative estimate of drug-likeness (QED) is 0.567. The number of thiophene rings is 1. The van der Waals surface area contributed by atoms with Crippen LogP contribution in [0.25, 0.3) is 10.2 Å². The normalized spacial score (nSPS) is 10.8. The van der Waals surface area contributed by atoms with Gasteiger partial charge in [0.1, 0.15) is 10.7 Å². The lowest BCUT2D eigenvalue weighted by Gasteiger charge is -2.07. The van der Waals surface area contributed by atoms with Gasteiger partial charge < -0.3 is 5.43 Å². The largest absolute Gasteiger partial charge is 0.308 e. The van der Waals surface area contributed by atoms with Gasteiger partial charge in [0, 0.05) is 6.42 Å². The fraction of sp³-hybridized carbons (Fsp3) is 0.143. The topological polar surface area (TPSA) is 63.8 Å². The second kappa shape index (κ2) is 4.95. The zero-order valence-corrected chi connectivity index (χ0v) is 11.4. The predicted molar refractivity (Wildman–Crippen MR) is 79.2 cm³/mol. The number of aromatic nitrogens is 2. The molecule has 0 fully saturated rings. The van der Waals surface area contributed by atoms with Crippen LogP contribution < -0.4 is 11.3 Å². The van der Waals surface area contributed by atoms with E-state index < -0.39 is 0 Å². The number of hydrogen-bond donors (Lipinski definition) is 2. The number of nitrogens with one attached hydrogen (secondary N) is 1. The summed E-state index contributed by atoms with van der Waals surface area (Å²) in [5.74, 6) is 7.01. The first kappa shape index (κ1) is 12.1. The van der Waals surface area contributed by atoms with Gasteiger partial charge >= 0.3 is 0 Å². The van der Waals surface area contributed by atoms with Gasteiger partial charge in [-0.2, -0.15) is 0 Å². The van der Waals surface area contributed by atoms with Crippen LogP contribution in [0.3, 0.4) is 0 Å². The lowest BCUT2D eigenvalue weighted by Crippen LogP contribution is -2.11. The van der Waals surface area contributed by atoms with Gasteiger partial charge in [-0.1, -0.05) is 24.3 Å². The van der Waals surface area contributed by atoms with E-state index in [1.807, 2.05) is 23.6 Å². The Morgan fingerprint density at radius 3 is 2.84 bits per heavy atom. The van der Waals surface area contributed by atoms with Crippen LogP contribution >= 0.6 is 11.3 Å². The third kappa shape index (κ3) is 2.30. The Morgan fingerprint density at radius 2 is 2.05 bits per heavy atom. The maximum Gasteiger partial charge on any atom is 0.152 e. The van der Waals surface area contributed by atoms with E-state index in [9.17, 15) is 0 Å². The first-order valence-electron chi connectivity index (χ1n) is 6.03. The summed E-state index contributed by atoms with van der Waals surface area (Å²) in [4.78, 5) is 10.0. The molecular weight excluding hydrogens is 256 g/mol. The molecule has 1 aromatic carbocycles. The Kier molecular flexibility index (Phi) is 3.15. The fourth-order valence-electron chi connectivity index (χ4n) is 2.07. The van der Waals surface area contributed by atoms with Crippen molar-refractivity contribution >= 4 is 27.4 Å². The molecule has 0 atom stereocenters. The minimum absolute atomic E-state index is 0.690. The monoisotopic (exact) mass is 270 g/mol. The van der Waals surface area contributed by atoms with E-state index in [2.05, 4.69) is 34.5 Å². The van der Waals surface area contributed by atoms with Gasteiger partial charge in [0.2, 0.25) is 0 Å². The van der Waals surface area contributed by atoms with Gasteiger partial charge in [-0.3, -0.25) is 0 Å². The summed E-state index contributed by atoms with van der Waals surface area (Å²) in [6.07, 6.45) is 0.717. The molecule has 2 heterocycles. The van der Waals surface area contributed by atoms with Crippen molar-refractivity contribution in [3.63, 3.8) is 0 Å². The molecule has 0 aliphatic carbocycles. The van der Waals surface area contributed by atoms with Gasteiger partial charge in [-0.25, -0.2) is 15.8 Å². The van der Waals surface area contributed by atoms with Crippen LogP contribution in [-0.2, 0) is 6.42 Å². The standard InChI is InChI=1S/C14H14N4S/c1-9-4-2-3-5-10(9)8-12-16-13(18-15)11-6-7-19-14(11)17-12/h2-7H,8,15H2,1H3,(H,16,17,18). The minimum atomic E-state index is 0.690. The van der Waals surface area contributed by atoms with Crippen LogP contribution in [0.1, 0.15) is 17.0 Å². The number of benzene rings is 1. The lowest BCUT2D eigenvalue weighted by atomic mass is 10.1. The van der Waals surface area contributed by atoms with Crippen molar-refractivity contribution in [1.82, 2.24) is 9.97 Å². The van der Waals surface area contributed by atoms with E-state index in [1.54, 1.807) is 11.3 Å². The second-order valence-electron chi connectivity index (χ2n) is 4.38. The number of fused-ring (bicyclic) bond motifs is 1. The Balaban J connectivity index is 2.03. The maximum absolute atomic E-state index is 5.53. The van der Waals surface area contributed by atoms with Crippen molar-refractivity contribution < 1.29 is 0 Å². The molecule has 0 spiro atoms. The molecule has 0 bridgehead atoms. The zero-order chi connectivity index (χ0) is 13.2. The number of hydrazine groups is 1. The number of nitrogen functional groups attached to an aromatic ring is 1. The molecule has 0 radical (unpaired) electrons. The summed E-state index contributed by atoms with van der Waals surface area (Å²) in [7, 11) is 0. The average molecular weight is 270 g/mol. The number of rotatable bonds is 3. The SMILES string of the molecule is Cc1ccccc1Cc1nc(NN)c2ccsc2n1. The fourth-order valence-corrected chi connectivity index (χ4v) is 2.85. The third-order valence-corrected chi connectivity index (χ3v) is 3.92. The summed E-state index contributed by atoms with van der Waals surface area (Å²) in [5.41, 5.74) is 5.14. The highest BCUT2D eigenvalue weighted by molar-refractivity contribution is 7.16. The van der Waals surface area contributed by atoms with Gasteiger partial charge in [0.25, 0.3) is 0 Å². The third-order valence-electron chi connectivity index (χ3n) is 3.12. The number of nitrogens with two attached hydrogens (primary N) is 1. The van der Waals surface area contributed by atoms with E-state index in [0.717, 1.165) is 22.5 Å². The van der Waals surface area contributed by atoms with Crippen molar-refractivity contribution in [2.24, 2.45) is 5.84 Å². The van der Waals surface area contributed by atoms with Gasteiger partial charge in [-0.15, -0.1) is 11.3 Å². The molecule has 19 heavy (non-hydrogen) atoms. The molecular formula is C14H14N4S. The van der Waals surface area contributed by atoms with Gasteiger partial charge in [0.05, 0.1) is 5.39 Å². The number of hydrogen-bond acceptors (Lipinski definition) is 5. The lowest BCUT2D eigenvalue weighted by molar-refractivity contribution is 0.984. The molecule has 2 aromatic heterocycles. The molecule has 3 aromatic rings. The molecule has 0 unspecified atom stereocenters. The van der Waals surface area contributed by atoms with Crippen molar-refractivity contribution in [3.05, 3.63) is 52.7 Å². The first-order valence-corrected chi connectivity index (χ1v) is 6.91. The maximum atomic E-state index is 5.53. The van der Waals surface area contributed by atoms with E-state index in [-0.39, 0.29) is 0 Å². The highest BCUT2D eigenvalue weighted by atomic mass is 32.1. The van der Waals surface area contributed by atoms with Crippen molar-refractivity contribution in [1.29, 1.82) is 0 Å². The van der Waals surface area contributed by atoms with Crippen molar-refractivity contribution in [2.45, 2.75) is 13.3 Å². The summed E-state index contributed by atoms with van der Waals surface area (Å²) in [6, 6.07) is 10.3. The van der Waals surface area contributed by atoms with Crippen molar-refractivity contribution in [3.8, 4) is 0 Å². The summed E-state index contributed by atoms with van der Waals surface area (Å²) in [6.45, 7) is 2.10. The Hall–Kier alpha value is -1.98. The van der Waals surface area contributed by atoms with Gasteiger partial charge in [0.15, 0.2) is 5.82 Å². The Bertz CT molecular complexity index is 720. The van der Waals surface area contributed by atoms with Crippen LogP contribution in [0.15, 0.2) is 35.7 Å². The molecule has 3 N–H and O–H groups in total. The van der Waals surface area contributed by atoms with Crippen LogP contribution in [0.5, 0.6) is 0 Å². The van der Waals surface area contributed by atoms with E-state index >= 15 is 0 Å². The zero-order valence-electron chi connectivity index (χ0n) is 10.6. The summed E-state index contributed by atoms with van der Waals surface area (Å²) >= 11 is 1.60. The summed E-state index contributed by atoms with van der Waals surface area (Å²) in [5, 5.41) is 2.97. The van der Waals surface area contributed by atoms with E-state index in [1.165, 1.54) is 11.1 Å². The second-order valence-corrected chi connectivity index (χ2v) is 5.27. The molecule has 3 rings (SSSR count). The molecule has 0 saturated heterocycles. The molecule has 5 heteroatoms. The van der Waals surface area contributed by atoms with Crippen LogP contribution in [0.2, 0.25) is 0 Å².